The summed E-state index contributed by atoms with van der Waals surface area (Å²) in [6.07, 6.45) is 1.06. The quantitative estimate of drug-likeness (QED) is 0.643. The van der Waals surface area contributed by atoms with Crippen molar-refractivity contribution >= 4 is 27.5 Å². The fourth-order valence-corrected chi connectivity index (χ4v) is 4.02. The van der Waals surface area contributed by atoms with Crippen LogP contribution in [0.3, 0.4) is 0 Å². The SMILES string of the molecule is Cc1ccccc1CN(C(=O)CN(c1ccccc1)S(C)(=O)=O)[C@H](C)C(=O)NC(C)C. The highest BCUT2D eigenvalue weighted by atomic mass is 32.2. The highest BCUT2D eigenvalue weighted by Crippen LogP contribution is 2.19. The van der Waals surface area contributed by atoms with E-state index in [4.69, 9.17) is 0 Å². The van der Waals surface area contributed by atoms with Crippen LogP contribution in [0.15, 0.2) is 54.6 Å². The minimum absolute atomic E-state index is 0.0813. The van der Waals surface area contributed by atoms with E-state index in [1.54, 1.807) is 37.3 Å². The molecule has 0 saturated carbocycles. The largest absolute Gasteiger partial charge is 0.352 e. The number of para-hydroxylation sites is 1. The van der Waals surface area contributed by atoms with Gasteiger partial charge < -0.3 is 10.2 Å². The van der Waals surface area contributed by atoms with E-state index in [1.165, 1.54) is 4.90 Å². The molecule has 2 aromatic carbocycles. The fourth-order valence-electron chi connectivity index (χ4n) is 3.17. The van der Waals surface area contributed by atoms with Crippen molar-refractivity contribution in [3.05, 3.63) is 65.7 Å². The van der Waals surface area contributed by atoms with Gasteiger partial charge in [0.1, 0.15) is 12.6 Å². The van der Waals surface area contributed by atoms with Gasteiger partial charge in [-0.05, 0) is 51.0 Å². The molecule has 0 aromatic heterocycles. The van der Waals surface area contributed by atoms with E-state index in [0.717, 1.165) is 21.7 Å². The molecular formula is C23H31N3O4S. The molecule has 0 radical (unpaired) electrons. The molecule has 0 saturated heterocycles. The van der Waals surface area contributed by atoms with Crippen LogP contribution < -0.4 is 9.62 Å². The van der Waals surface area contributed by atoms with E-state index in [9.17, 15) is 18.0 Å². The van der Waals surface area contributed by atoms with E-state index in [-0.39, 0.29) is 18.5 Å². The minimum atomic E-state index is -3.71. The Labute approximate surface area is 185 Å². The first kappa shape index (κ1) is 24.4. The maximum Gasteiger partial charge on any atom is 0.244 e. The van der Waals surface area contributed by atoms with Crippen LogP contribution in [0.1, 0.15) is 31.9 Å². The highest BCUT2D eigenvalue weighted by molar-refractivity contribution is 7.92. The van der Waals surface area contributed by atoms with Gasteiger partial charge in [-0.15, -0.1) is 0 Å². The molecule has 2 amide bonds. The molecule has 168 valence electrons. The summed E-state index contributed by atoms with van der Waals surface area (Å²) >= 11 is 0. The van der Waals surface area contributed by atoms with E-state index in [1.807, 2.05) is 45.0 Å². The predicted octanol–water partition coefficient (Wildman–Crippen LogP) is 2.70. The molecule has 1 atom stereocenters. The number of hydrogen-bond donors (Lipinski definition) is 1. The molecule has 0 aliphatic rings. The summed E-state index contributed by atoms with van der Waals surface area (Å²) in [5.74, 6) is -0.744. The lowest BCUT2D eigenvalue weighted by Crippen LogP contribution is -2.52. The predicted molar refractivity (Wildman–Crippen MR) is 123 cm³/mol. The van der Waals surface area contributed by atoms with Crippen molar-refractivity contribution in [3.8, 4) is 0 Å². The normalized spacial score (nSPS) is 12.3. The zero-order chi connectivity index (χ0) is 23.2. The molecule has 0 spiro atoms. The van der Waals surface area contributed by atoms with Gasteiger partial charge in [0.25, 0.3) is 0 Å². The molecule has 0 bridgehead atoms. The summed E-state index contributed by atoms with van der Waals surface area (Å²) < 4.78 is 25.9. The molecule has 7 nitrogen and oxygen atoms in total. The molecule has 1 N–H and O–H groups in total. The Morgan fingerprint density at radius 3 is 2.10 bits per heavy atom. The van der Waals surface area contributed by atoms with Crippen LogP contribution in [0, 0.1) is 6.92 Å². The van der Waals surface area contributed by atoms with Crippen LogP contribution in [0.5, 0.6) is 0 Å². The Morgan fingerprint density at radius 2 is 1.55 bits per heavy atom. The first-order valence-corrected chi connectivity index (χ1v) is 12.0. The Bertz CT molecular complexity index is 1010. The van der Waals surface area contributed by atoms with Gasteiger partial charge in [0, 0.05) is 12.6 Å². The van der Waals surface area contributed by atoms with Gasteiger partial charge in [-0.25, -0.2) is 8.42 Å². The molecule has 0 fully saturated rings. The van der Waals surface area contributed by atoms with Gasteiger partial charge in [0.2, 0.25) is 21.8 Å². The average molecular weight is 446 g/mol. The lowest BCUT2D eigenvalue weighted by Gasteiger charge is -2.32. The third kappa shape index (κ3) is 6.82. The maximum atomic E-state index is 13.4. The topological polar surface area (TPSA) is 86.8 Å². The number of carbonyl (C=O) groups excluding carboxylic acids is 2. The Balaban J connectivity index is 2.38. The summed E-state index contributed by atoms with van der Waals surface area (Å²) in [7, 11) is -3.71. The minimum Gasteiger partial charge on any atom is -0.352 e. The summed E-state index contributed by atoms with van der Waals surface area (Å²) in [4.78, 5) is 27.5. The Hall–Kier alpha value is -2.87. The average Bonchev–Trinajstić information content (AvgIpc) is 2.70. The second-order valence-corrected chi connectivity index (χ2v) is 9.80. The van der Waals surface area contributed by atoms with Gasteiger partial charge in [-0.2, -0.15) is 0 Å². The fraction of sp³-hybridized carbons (Fsp3) is 0.391. The van der Waals surface area contributed by atoms with Crippen molar-refractivity contribution in [1.29, 1.82) is 0 Å². The summed E-state index contributed by atoms with van der Waals surface area (Å²) in [5.41, 5.74) is 2.28. The summed E-state index contributed by atoms with van der Waals surface area (Å²) in [6.45, 7) is 7.08. The van der Waals surface area contributed by atoms with Crippen molar-refractivity contribution < 1.29 is 18.0 Å². The van der Waals surface area contributed by atoms with E-state index in [2.05, 4.69) is 5.32 Å². The lowest BCUT2D eigenvalue weighted by molar-refractivity contribution is -0.139. The van der Waals surface area contributed by atoms with Crippen LogP contribution in [0.4, 0.5) is 5.69 Å². The van der Waals surface area contributed by atoms with Crippen LogP contribution in [-0.4, -0.2) is 50.0 Å². The van der Waals surface area contributed by atoms with E-state index in [0.29, 0.717) is 5.69 Å². The smallest absolute Gasteiger partial charge is 0.244 e. The number of hydrogen-bond acceptors (Lipinski definition) is 4. The number of nitrogens with one attached hydrogen (secondary N) is 1. The number of carbonyl (C=O) groups is 2. The number of amides is 2. The molecule has 31 heavy (non-hydrogen) atoms. The number of anilines is 1. The third-order valence-electron chi connectivity index (χ3n) is 4.92. The van der Waals surface area contributed by atoms with E-state index < -0.39 is 28.5 Å². The van der Waals surface area contributed by atoms with Crippen molar-refractivity contribution in [2.75, 3.05) is 17.1 Å². The van der Waals surface area contributed by atoms with Crippen LogP contribution >= 0.6 is 0 Å². The molecule has 0 heterocycles. The summed E-state index contributed by atoms with van der Waals surface area (Å²) in [6, 6.07) is 15.2. The second kappa shape index (κ2) is 10.4. The summed E-state index contributed by atoms with van der Waals surface area (Å²) in [5, 5.41) is 2.83. The zero-order valence-corrected chi connectivity index (χ0v) is 19.5. The lowest BCUT2D eigenvalue weighted by atomic mass is 10.1. The Morgan fingerprint density at radius 1 is 0.968 bits per heavy atom. The van der Waals surface area contributed by atoms with Crippen molar-refractivity contribution in [2.45, 2.75) is 46.3 Å². The van der Waals surface area contributed by atoms with E-state index >= 15 is 0 Å². The molecule has 2 aromatic rings. The van der Waals surface area contributed by atoms with Gasteiger partial charge in [-0.1, -0.05) is 42.5 Å². The first-order valence-electron chi connectivity index (χ1n) is 10.2. The van der Waals surface area contributed by atoms with Crippen LogP contribution in [0.2, 0.25) is 0 Å². The Kier molecular flexibility index (Phi) is 8.21. The number of nitrogens with zero attached hydrogens (tertiary/aromatic N) is 2. The van der Waals surface area contributed by atoms with Crippen molar-refractivity contribution in [3.63, 3.8) is 0 Å². The number of aryl methyl sites for hydroxylation is 1. The third-order valence-corrected chi connectivity index (χ3v) is 6.06. The monoisotopic (exact) mass is 445 g/mol. The molecule has 0 aliphatic carbocycles. The molecular weight excluding hydrogens is 414 g/mol. The number of rotatable bonds is 9. The highest BCUT2D eigenvalue weighted by Gasteiger charge is 2.30. The standard InChI is InChI=1S/C23H31N3O4S/c1-17(2)24-23(28)19(4)25(15-20-12-10-9-11-18(20)3)22(27)16-26(31(5,29)30)21-13-7-6-8-14-21/h6-14,17,19H,15-16H2,1-5H3,(H,24,28)/t19-/m1/s1. The van der Waals surface area contributed by atoms with Gasteiger partial charge in [0.05, 0.1) is 11.9 Å². The van der Waals surface area contributed by atoms with Gasteiger partial charge in [-0.3, -0.25) is 13.9 Å². The number of sulfonamides is 1. The maximum absolute atomic E-state index is 13.4. The zero-order valence-electron chi connectivity index (χ0n) is 18.7. The molecule has 2 rings (SSSR count). The molecule has 0 aliphatic heterocycles. The van der Waals surface area contributed by atoms with Crippen LogP contribution in [0.25, 0.3) is 0 Å². The van der Waals surface area contributed by atoms with Gasteiger partial charge >= 0.3 is 0 Å². The molecule has 0 unspecified atom stereocenters. The van der Waals surface area contributed by atoms with Crippen molar-refractivity contribution in [2.24, 2.45) is 0 Å². The van der Waals surface area contributed by atoms with Gasteiger partial charge in [0.15, 0.2) is 0 Å². The molecule has 8 heteroatoms. The second-order valence-electron chi connectivity index (χ2n) is 7.89. The van der Waals surface area contributed by atoms with Crippen molar-refractivity contribution in [1.82, 2.24) is 10.2 Å². The number of benzene rings is 2. The first-order chi connectivity index (χ1) is 14.5. The van der Waals surface area contributed by atoms with Crippen LogP contribution in [-0.2, 0) is 26.2 Å².